The van der Waals surface area contributed by atoms with Crippen LogP contribution < -0.4 is 5.73 Å². The summed E-state index contributed by atoms with van der Waals surface area (Å²) in [6.45, 7) is 5.51. The molecule has 0 bridgehead atoms. The topological polar surface area (TPSA) is 50.7 Å². The molecular weight excluding hydrogens is 174 g/mol. The minimum atomic E-state index is 0.627. The Morgan fingerprint density at radius 1 is 1.43 bits per heavy atom. The average Bonchev–Trinajstić information content (AvgIpc) is 2.19. The van der Waals surface area contributed by atoms with Crippen LogP contribution in [0.4, 0.5) is 5.69 Å². The molecule has 3 nitrogen and oxygen atoms in total. The number of amidine groups is 1. The first-order valence-corrected chi connectivity index (χ1v) is 4.29. The first-order chi connectivity index (χ1) is 6.77. The molecular formula is C11H13N3. The molecule has 1 rings (SSSR count). The molecule has 0 atom stereocenters. The predicted octanol–water partition coefficient (Wildman–Crippen LogP) is 2.37. The Morgan fingerprint density at radius 3 is 2.79 bits per heavy atom. The maximum atomic E-state index is 5.16. The van der Waals surface area contributed by atoms with E-state index in [-0.39, 0.29) is 0 Å². The van der Waals surface area contributed by atoms with Gasteiger partial charge in [0.15, 0.2) is 0 Å². The first-order valence-electron chi connectivity index (χ1n) is 4.29. The van der Waals surface area contributed by atoms with Crippen LogP contribution in [0.15, 0.2) is 40.8 Å². The van der Waals surface area contributed by atoms with E-state index in [1.807, 2.05) is 24.3 Å². The summed E-state index contributed by atoms with van der Waals surface area (Å²) in [4.78, 5) is 8.15. The van der Waals surface area contributed by atoms with Crippen molar-refractivity contribution in [2.45, 2.75) is 6.92 Å². The number of aliphatic imine (C=N–C) groups is 2. The highest BCUT2D eigenvalue weighted by molar-refractivity contribution is 5.89. The molecule has 1 aromatic carbocycles. The van der Waals surface area contributed by atoms with Gasteiger partial charge in [0.25, 0.3) is 0 Å². The Balaban J connectivity index is 3.07. The normalized spacial score (nSPS) is 11.9. The summed E-state index contributed by atoms with van der Waals surface area (Å²) in [7, 11) is 0. The second-order valence-corrected chi connectivity index (χ2v) is 2.70. The van der Waals surface area contributed by atoms with E-state index >= 15 is 0 Å². The van der Waals surface area contributed by atoms with Crippen molar-refractivity contribution < 1.29 is 0 Å². The van der Waals surface area contributed by atoms with Crippen LogP contribution in [0, 0.1) is 0 Å². The van der Waals surface area contributed by atoms with Crippen molar-refractivity contribution in [3.8, 4) is 0 Å². The van der Waals surface area contributed by atoms with Gasteiger partial charge >= 0.3 is 0 Å². The van der Waals surface area contributed by atoms with E-state index in [1.165, 1.54) is 6.34 Å². The van der Waals surface area contributed by atoms with Crippen LogP contribution in [0.5, 0.6) is 0 Å². The Morgan fingerprint density at radius 2 is 2.14 bits per heavy atom. The highest BCUT2D eigenvalue weighted by Gasteiger charge is 1.95. The fourth-order valence-electron chi connectivity index (χ4n) is 1.07. The molecule has 0 saturated heterocycles. The number of nitrogens with two attached hydrogens (primary N) is 1. The van der Waals surface area contributed by atoms with Crippen LogP contribution in [0.25, 0.3) is 6.08 Å². The molecule has 0 unspecified atom stereocenters. The second-order valence-electron chi connectivity index (χ2n) is 2.70. The zero-order chi connectivity index (χ0) is 10.4. The number of nitrogens with zero attached hydrogens (tertiary/aromatic N) is 2. The standard InChI is InChI=1S/C11H13N3/c1-3-10-6-4-5-7-11(10)14-9(2)13-8-12/h3-8H,1H2,2H3,(H2,12,13,14). The number of para-hydroxylation sites is 1. The van der Waals surface area contributed by atoms with Crippen molar-refractivity contribution in [3.63, 3.8) is 0 Å². The smallest absolute Gasteiger partial charge is 0.127 e. The minimum Gasteiger partial charge on any atom is -0.390 e. The molecule has 72 valence electrons. The van der Waals surface area contributed by atoms with Crippen LogP contribution in [0.3, 0.4) is 0 Å². The Hall–Kier alpha value is -1.90. The number of hydrogen-bond donors (Lipinski definition) is 1. The highest BCUT2D eigenvalue weighted by atomic mass is 14.9. The van der Waals surface area contributed by atoms with E-state index in [9.17, 15) is 0 Å². The molecule has 0 aliphatic heterocycles. The lowest BCUT2D eigenvalue weighted by atomic mass is 10.2. The van der Waals surface area contributed by atoms with E-state index < -0.39 is 0 Å². The third-order valence-electron chi connectivity index (χ3n) is 1.70. The fourth-order valence-corrected chi connectivity index (χ4v) is 1.07. The van der Waals surface area contributed by atoms with E-state index in [2.05, 4.69) is 16.6 Å². The van der Waals surface area contributed by atoms with Gasteiger partial charge in [-0.3, -0.25) is 0 Å². The summed E-state index contributed by atoms with van der Waals surface area (Å²) in [6.07, 6.45) is 2.99. The zero-order valence-electron chi connectivity index (χ0n) is 8.14. The van der Waals surface area contributed by atoms with Crippen LogP contribution in [-0.4, -0.2) is 12.2 Å². The first kappa shape index (κ1) is 10.2. The fraction of sp³-hybridized carbons (Fsp3) is 0.0909. The molecule has 0 saturated carbocycles. The van der Waals surface area contributed by atoms with Gasteiger partial charge in [0.2, 0.25) is 0 Å². The Bertz CT molecular complexity index is 378. The molecule has 0 heterocycles. The van der Waals surface area contributed by atoms with Gasteiger partial charge in [0, 0.05) is 0 Å². The molecule has 0 radical (unpaired) electrons. The van der Waals surface area contributed by atoms with Crippen LogP contribution in [0.2, 0.25) is 0 Å². The second kappa shape index (κ2) is 4.97. The summed E-state index contributed by atoms with van der Waals surface area (Å²) < 4.78 is 0. The van der Waals surface area contributed by atoms with Crippen molar-refractivity contribution in [2.24, 2.45) is 15.7 Å². The third-order valence-corrected chi connectivity index (χ3v) is 1.70. The molecule has 0 aromatic heterocycles. The van der Waals surface area contributed by atoms with Crippen molar-refractivity contribution >= 4 is 23.9 Å². The van der Waals surface area contributed by atoms with Gasteiger partial charge in [0.1, 0.15) is 5.84 Å². The molecule has 0 fully saturated rings. The monoisotopic (exact) mass is 187 g/mol. The van der Waals surface area contributed by atoms with Crippen LogP contribution in [-0.2, 0) is 0 Å². The number of benzene rings is 1. The molecule has 0 amide bonds. The van der Waals surface area contributed by atoms with Gasteiger partial charge in [-0.05, 0) is 18.6 Å². The molecule has 0 aliphatic rings. The lowest BCUT2D eigenvalue weighted by Gasteiger charge is -1.99. The van der Waals surface area contributed by atoms with Gasteiger partial charge < -0.3 is 5.73 Å². The maximum Gasteiger partial charge on any atom is 0.127 e. The average molecular weight is 187 g/mol. The summed E-state index contributed by atoms with van der Waals surface area (Å²) in [5, 5.41) is 0. The van der Waals surface area contributed by atoms with Crippen molar-refractivity contribution in [1.29, 1.82) is 0 Å². The largest absolute Gasteiger partial charge is 0.390 e. The number of rotatable bonds is 2. The van der Waals surface area contributed by atoms with Crippen molar-refractivity contribution in [2.75, 3.05) is 0 Å². The van der Waals surface area contributed by atoms with E-state index in [1.54, 1.807) is 13.0 Å². The molecule has 1 aromatic rings. The summed E-state index contributed by atoms with van der Waals surface area (Å²) in [6, 6.07) is 7.72. The molecule has 0 spiro atoms. The van der Waals surface area contributed by atoms with Crippen molar-refractivity contribution in [3.05, 3.63) is 36.4 Å². The molecule has 0 aliphatic carbocycles. The molecule has 14 heavy (non-hydrogen) atoms. The highest BCUT2D eigenvalue weighted by Crippen LogP contribution is 2.19. The van der Waals surface area contributed by atoms with Gasteiger partial charge in [-0.15, -0.1) is 0 Å². The predicted molar refractivity (Wildman–Crippen MR) is 62.0 cm³/mol. The quantitative estimate of drug-likeness (QED) is 0.560. The van der Waals surface area contributed by atoms with Crippen LogP contribution in [0.1, 0.15) is 12.5 Å². The Labute approximate surface area is 83.7 Å². The van der Waals surface area contributed by atoms with Gasteiger partial charge in [-0.1, -0.05) is 30.9 Å². The van der Waals surface area contributed by atoms with Gasteiger partial charge in [-0.25, -0.2) is 9.98 Å². The van der Waals surface area contributed by atoms with Crippen LogP contribution >= 0.6 is 0 Å². The maximum absolute atomic E-state index is 5.16. The summed E-state index contributed by atoms with van der Waals surface area (Å²) in [5.41, 5.74) is 7.00. The molecule has 3 heteroatoms. The lowest BCUT2D eigenvalue weighted by Crippen LogP contribution is -1.93. The summed E-state index contributed by atoms with van der Waals surface area (Å²) >= 11 is 0. The van der Waals surface area contributed by atoms with E-state index in [4.69, 9.17) is 5.73 Å². The van der Waals surface area contributed by atoms with Gasteiger partial charge in [-0.2, -0.15) is 0 Å². The minimum absolute atomic E-state index is 0.627. The summed E-state index contributed by atoms with van der Waals surface area (Å²) in [5.74, 6) is 0.627. The lowest BCUT2D eigenvalue weighted by molar-refractivity contribution is 1.43. The zero-order valence-corrected chi connectivity index (χ0v) is 8.14. The Kier molecular flexibility index (Phi) is 3.61. The van der Waals surface area contributed by atoms with Gasteiger partial charge in [0.05, 0.1) is 12.0 Å². The molecule has 2 N–H and O–H groups in total. The van der Waals surface area contributed by atoms with Crippen molar-refractivity contribution in [1.82, 2.24) is 0 Å². The van der Waals surface area contributed by atoms with E-state index in [0.717, 1.165) is 11.3 Å². The SMILES string of the molecule is C=Cc1ccccc1N=C(C)N=CN. The third kappa shape index (κ3) is 2.55. The van der Waals surface area contributed by atoms with E-state index in [0.29, 0.717) is 5.84 Å². The number of hydrogen-bond acceptors (Lipinski definition) is 1.